The molecular formula is C31H26N2O4. The number of nitrogens with zero attached hydrogens (tertiary/aromatic N) is 2. The van der Waals surface area contributed by atoms with Crippen molar-refractivity contribution >= 4 is 21.8 Å². The van der Waals surface area contributed by atoms with Crippen LogP contribution in [0.4, 0.5) is 0 Å². The van der Waals surface area contributed by atoms with E-state index in [0.29, 0.717) is 11.5 Å². The van der Waals surface area contributed by atoms with Crippen molar-refractivity contribution < 1.29 is 19.7 Å². The predicted octanol–water partition coefficient (Wildman–Crippen LogP) is 8.10. The minimum absolute atomic E-state index is 0. The van der Waals surface area contributed by atoms with Crippen molar-refractivity contribution in [3.05, 3.63) is 122 Å². The van der Waals surface area contributed by atoms with Gasteiger partial charge in [0, 0.05) is 29.2 Å². The summed E-state index contributed by atoms with van der Waals surface area (Å²) in [4.78, 5) is 8.55. The molecule has 2 aromatic heterocycles. The van der Waals surface area contributed by atoms with Crippen molar-refractivity contribution in [3.63, 3.8) is 0 Å². The summed E-state index contributed by atoms with van der Waals surface area (Å²) in [5, 5.41) is 20.6. The second kappa shape index (κ2) is 11.6. The Morgan fingerprint density at radius 2 is 1.03 bits per heavy atom. The standard InChI is InChI=1S/2C15H11NO2.CH4/c17-11-4-1-5-12(10-11)18-15-8-2-7-14-13(15)6-3-9-16-14;17-11-6-8-12(9-7-11)18-15-5-1-4-14-13(15)3-2-10-16-14;/h2*1-10,17H;1H4. The first-order valence-electron chi connectivity index (χ1n) is 11.3. The van der Waals surface area contributed by atoms with Gasteiger partial charge in [-0.15, -0.1) is 0 Å². The van der Waals surface area contributed by atoms with E-state index < -0.39 is 0 Å². The molecule has 6 aromatic rings. The average molecular weight is 491 g/mol. The first kappa shape index (κ1) is 25.0. The van der Waals surface area contributed by atoms with Gasteiger partial charge in [0.1, 0.15) is 34.5 Å². The number of benzene rings is 4. The summed E-state index contributed by atoms with van der Waals surface area (Å²) >= 11 is 0. The van der Waals surface area contributed by atoms with Crippen LogP contribution in [0.25, 0.3) is 21.8 Å². The van der Waals surface area contributed by atoms with E-state index in [4.69, 9.17) is 9.47 Å². The van der Waals surface area contributed by atoms with E-state index in [1.165, 1.54) is 0 Å². The topological polar surface area (TPSA) is 84.7 Å². The molecule has 0 atom stereocenters. The zero-order valence-corrected chi connectivity index (χ0v) is 19.2. The molecule has 0 bridgehead atoms. The normalized spacial score (nSPS) is 10.2. The largest absolute Gasteiger partial charge is 0.508 e. The Hall–Kier alpha value is -5.10. The fourth-order valence-electron chi connectivity index (χ4n) is 3.64. The summed E-state index contributed by atoms with van der Waals surface area (Å²) in [6.07, 6.45) is 3.51. The molecule has 2 N–H and O–H groups in total. The lowest BCUT2D eigenvalue weighted by molar-refractivity contribution is 0.457. The van der Waals surface area contributed by atoms with Gasteiger partial charge in [-0.1, -0.05) is 25.6 Å². The van der Waals surface area contributed by atoms with Crippen molar-refractivity contribution in [2.75, 3.05) is 0 Å². The van der Waals surface area contributed by atoms with Gasteiger partial charge in [0.2, 0.25) is 0 Å². The zero-order chi connectivity index (χ0) is 24.7. The average Bonchev–Trinajstić information content (AvgIpc) is 2.91. The smallest absolute Gasteiger partial charge is 0.136 e. The van der Waals surface area contributed by atoms with Crippen LogP contribution >= 0.6 is 0 Å². The van der Waals surface area contributed by atoms with Gasteiger partial charge in [-0.2, -0.15) is 0 Å². The van der Waals surface area contributed by atoms with E-state index in [-0.39, 0.29) is 18.9 Å². The molecule has 2 heterocycles. The van der Waals surface area contributed by atoms with Crippen molar-refractivity contribution in [2.24, 2.45) is 0 Å². The fraction of sp³-hybridized carbons (Fsp3) is 0.0323. The maximum atomic E-state index is 9.41. The highest BCUT2D eigenvalue weighted by Crippen LogP contribution is 2.31. The molecule has 6 nitrogen and oxygen atoms in total. The van der Waals surface area contributed by atoms with Crippen molar-refractivity contribution in [1.82, 2.24) is 9.97 Å². The second-order valence-corrected chi connectivity index (χ2v) is 7.85. The zero-order valence-electron chi connectivity index (χ0n) is 19.2. The highest BCUT2D eigenvalue weighted by Gasteiger charge is 2.05. The Kier molecular flexibility index (Phi) is 7.81. The highest BCUT2D eigenvalue weighted by atomic mass is 16.5. The third-order valence-corrected chi connectivity index (χ3v) is 5.32. The van der Waals surface area contributed by atoms with E-state index in [1.54, 1.807) is 60.9 Å². The fourth-order valence-corrected chi connectivity index (χ4v) is 3.64. The summed E-state index contributed by atoms with van der Waals surface area (Å²) in [6.45, 7) is 0. The molecule has 0 aliphatic rings. The maximum Gasteiger partial charge on any atom is 0.136 e. The monoisotopic (exact) mass is 490 g/mol. The third-order valence-electron chi connectivity index (χ3n) is 5.32. The van der Waals surface area contributed by atoms with Crippen molar-refractivity contribution in [3.8, 4) is 34.5 Å². The number of pyridine rings is 2. The van der Waals surface area contributed by atoms with Crippen molar-refractivity contribution in [1.29, 1.82) is 0 Å². The Labute approximate surface area is 215 Å². The van der Waals surface area contributed by atoms with Crippen LogP contribution in [-0.2, 0) is 0 Å². The molecule has 0 fully saturated rings. The number of hydrogen-bond acceptors (Lipinski definition) is 6. The van der Waals surface area contributed by atoms with Gasteiger partial charge in [0.15, 0.2) is 0 Å². The van der Waals surface area contributed by atoms with E-state index in [1.807, 2.05) is 60.7 Å². The second-order valence-electron chi connectivity index (χ2n) is 7.85. The quantitative estimate of drug-likeness (QED) is 0.260. The molecule has 0 saturated heterocycles. The molecule has 6 heteroatoms. The van der Waals surface area contributed by atoms with E-state index in [9.17, 15) is 10.2 Å². The van der Waals surface area contributed by atoms with Crippen LogP contribution in [-0.4, -0.2) is 20.2 Å². The summed E-state index contributed by atoms with van der Waals surface area (Å²) in [6, 6.07) is 32.5. The Morgan fingerprint density at radius 3 is 1.59 bits per heavy atom. The van der Waals surface area contributed by atoms with Gasteiger partial charge in [-0.3, -0.25) is 9.97 Å². The van der Waals surface area contributed by atoms with Crippen LogP contribution < -0.4 is 9.47 Å². The lowest BCUT2D eigenvalue weighted by Gasteiger charge is -2.08. The highest BCUT2D eigenvalue weighted by molar-refractivity contribution is 5.85. The number of ether oxygens (including phenoxy) is 2. The van der Waals surface area contributed by atoms with Gasteiger partial charge in [-0.05, 0) is 84.9 Å². The van der Waals surface area contributed by atoms with E-state index >= 15 is 0 Å². The number of aromatic nitrogens is 2. The lowest BCUT2D eigenvalue weighted by atomic mass is 10.2. The van der Waals surface area contributed by atoms with Crippen LogP contribution in [0, 0.1) is 0 Å². The van der Waals surface area contributed by atoms with Gasteiger partial charge in [-0.25, -0.2) is 0 Å². The van der Waals surface area contributed by atoms with Crippen LogP contribution in [0.2, 0.25) is 0 Å². The molecule has 0 saturated carbocycles. The lowest BCUT2D eigenvalue weighted by Crippen LogP contribution is -1.86. The molecule has 0 unspecified atom stereocenters. The summed E-state index contributed by atoms with van der Waals surface area (Å²) in [5.74, 6) is 3.18. The molecule has 6 rings (SSSR count). The molecule has 184 valence electrons. The van der Waals surface area contributed by atoms with Crippen LogP contribution in [0.1, 0.15) is 7.43 Å². The molecule has 0 aliphatic carbocycles. The van der Waals surface area contributed by atoms with Crippen LogP contribution in [0.3, 0.4) is 0 Å². The van der Waals surface area contributed by atoms with Crippen LogP contribution in [0.5, 0.6) is 34.5 Å². The first-order valence-corrected chi connectivity index (χ1v) is 11.3. The number of hydrogen-bond donors (Lipinski definition) is 2. The molecule has 37 heavy (non-hydrogen) atoms. The Morgan fingerprint density at radius 1 is 0.486 bits per heavy atom. The van der Waals surface area contributed by atoms with Crippen molar-refractivity contribution in [2.45, 2.75) is 7.43 Å². The number of phenolic OH excluding ortho intramolecular Hbond substituents is 2. The van der Waals surface area contributed by atoms with Gasteiger partial charge >= 0.3 is 0 Å². The first-order chi connectivity index (χ1) is 17.7. The van der Waals surface area contributed by atoms with E-state index in [0.717, 1.165) is 33.3 Å². The van der Waals surface area contributed by atoms with Crippen LogP contribution in [0.15, 0.2) is 122 Å². The number of aromatic hydroxyl groups is 2. The van der Waals surface area contributed by atoms with Gasteiger partial charge < -0.3 is 19.7 Å². The molecule has 0 amide bonds. The molecule has 0 spiro atoms. The molecular weight excluding hydrogens is 464 g/mol. The van der Waals surface area contributed by atoms with E-state index in [2.05, 4.69) is 9.97 Å². The minimum Gasteiger partial charge on any atom is -0.508 e. The SMILES string of the molecule is C.Oc1ccc(Oc2cccc3ncccc23)cc1.Oc1cccc(Oc2cccc3ncccc23)c1. The molecule has 4 aromatic carbocycles. The number of fused-ring (bicyclic) bond motifs is 2. The third kappa shape index (κ3) is 6.13. The molecule has 0 aliphatic heterocycles. The van der Waals surface area contributed by atoms with Gasteiger partial charge in [0.25, 0.3) is 0 Å². The summed E-state index contributed by atoms with van der Waals surface area (Å²) in [7, 11) is 0. The predicted molar refractivity (Wildman–Crippen MR) is 147 cm³/mol. The summed E-state index contributed by atoms with van der Waals surface area (Å²) in [5.41, 5.74) is 1.78. The number of rotatable bonds is 4. The maximum absolute atomic E-state index is 9.41. The minimum atomic E-state index is 0. The number of phenols is 2. The summed E-state index contributed by atoms with van der Waals surface area (Å²) < 4.78 is 11.6. The Bertz CT molecular complexity index is 1610. The molecule has 0 radical (unpaired) electrons. The Balaban J connectivity index is 0.000000168. The van der Waals surface area contributed by atoms with Gasteiger partial charge in [0.05, 0.1) is 11.0 Å².